The fourth-order valence-corrected chi connectivity index (χ4v) is 1.91. The highest BCUT2D eigenvalue weighted by atomic mass is 16.6. The van der Waals surface area contributed by atoms with Crippen molar-refractivity contribution < 1.29 is 14.3 Å². The van der Waals surface area contributed by atoms with Gasteiger partial charge in [-0.15, -0.1) is 0 Å². The molecule has 1 aromatic heterocycles. The van der Waals surface area contributed by atoms with Crippen molar-refractivity contribution in [2.75, 3.05) is 5.32 Å². The second-order valence-electron chi connectivity index (χ2n) is 6.15. The molecule has 0 atom stereocenters. The van der Waals surface area contributed by atoms with Crippen LogP contribution in [0.4, 0.5) is 10.6 Å². The molecule has 22 heavy (non-hydrogen) atoms. The highest BCUT2D eigenvalue weighted by molar-refractivity contribution is 5.83. The van der Waals surface area contributed by atoms with E-state index in [1.54, 1.807) is 33.8 Å². The summed E-state index contributed by atoms with van der Waals surface area (Å²) in [5.41, 5.74) is 2.12. The Labute approximate surface area is 131 Å². The molecule has 2 amide bonds. The van der Waals surface area contributed by atoms with Gasteiger partial charge in [0.15, 0.2) is 0 Å². The number of anilines is 1. The molecule has 2 N–H and O–H groups in total. The number of nitrogens with zero attached hydrogens (tertiary/aromatic N) is 1. The van der Waals surface area contributed by atoms with Crippen molar-refractivity contribution in [2.24, 2.45) is 0 Å². The highest BCUT2D eigenvalue weighted by Crippen LogP contribution is 2.17. The van der Waals surface area contributed by atoms with Crippen molar-refractivity contribution in [1.29, 1.82) is 0 Å². The van der Waals surface area contributed by atoms with Gasteiger partial charge in [-0.3, -0.25) is 10.1 Å². The zero-order valence-corrected chi connectivity index (χ0v) is 14.2. The third-order valence-electron chi connectivity index (χ3n) is 2.97. The van der Waals surface area contributed by atoms with Crippen molar-refractivity contribution in [1.82, 2.24) is 10.3 Å². The van der Waals surface area contributed by atoms with Crippen molar-refractivity contribution in [3.63, 3.8) is 0 Å². The van der Waals surface area contributed by atoms with Gasteiger partial charge in [0, 0.05) is 18.7 Å². The summed E-state index contributed by atoms with van der Waals surface area (Å²) in [6.45, 7) is 11.4. The molecule has 0 fully saturated rings. The van der Waals surface area contributed by atoms with Crippen LogP contribution in [0.2, 0.25) is 0 Å². The van der Waals surface area contributed by atoms with Crippen LogP contribution in [0.15, 0.2) is 6.07 Å². The summed E-state index contributed by atoms with van der Waals surface area (Å²) in [5, 5.41) is 5.45. The quantitative estimate of drug-likeness (QED) is 0.896. The average Bonchev–Trinajstić information content (AvgIpc) is 2.34. The fourth-order valence-electron chi connectivity index (χ4n) is 1.91. The third kappa shape index (κ3) is 5.71. The van der Waals surface area contributed by atoms with Crippen LogP contribution in [0.1, 0.15) is 50.9 Å². The molecule has 0 aliphatic rings. The van der Waals surface area contributed by atoms with Crippen LogP contribution in [0.3, 0.4) is 0 Å². The summed E-state index contributed by atoms with van der Waals surface area (Å²) in [6.07, 6.45) is -0.0880. The number of pyridine rings is 1. The van der Waals surface area contributed by atoms with Crippen LogP contribution in [-0.4, -0.2) is 22.6 Å². The normalized spacial score (nSPS) is 11.0. The summed E-state index contributed by atoms with van der Waals surface area (Å²) >= 11 is 0. The smallest absolute Gasteiger partial charge is 0.413 e. The van der Waals surface area contributed by atoms with E-state index < -0.39 is 11.7 Å². The van der Waals surface area contributed by atoms with Crippen LogP contribution in [-0.2, 0) is 16.1 Å². The van der Waals surface area contributed by atoms with E-state index in [1.165, 1.54) is 0 Å². The van der Waals surface area contributed by atoms with Crippen LogP contribution >= 0.6 is 0 Å². The summed E-state index contributed by atoms with van der Waals surface area (Å²) in [7, 11) is 0. The molecule has 0 bridgehead atoms. The van der Waals surface area contributed by atoms with Crippen LogP contribution in [0, 0.1) is 13.8 Å². The predicted octanol–water partition coefficient (Wildman–Crippen LogP) is 3.07. The molecule has 122 valence electrons. The summed E-state index contributed by atoms with van der Waals surface area (Å²) in [6, 6.07) is 1.77. The van der Waals surface area contributed by atoms with E-state index in [1.807, 2.05) is 13.8 Å². The minimum absolute atomic E-state index is 0.00486. The molecular formula is C16H25N3O3. The first-order valence-electron chi connectivity index (χ1n) is 7.36. The van der Waals surface area contributed by atoms with Gasteiger partial charge < -0.3 is 10.1 Å². The van der Waals surface area contributed by atoms with Crippen LogP contribution in [0.5, 0.6) is 0 Å². The van der Waals surface area contributed by atoms with Crippen LogP contribution in [0.25, 0.3) is 0 Å². The molecule has 0 aliphatic carbocycles. The maximum Gasteiger partial charge on any atom is 0.413 e. The molecule has 1 heterocycles. The Balaban J connectivity index is 2.81. The molecule has 6 heteroatoms. The molecule has 0 aromatic carbocycles. The number of rotatable bonds is 4. The number of aryl methyl sites for hydroxylation is 2. The molecule has 0 unspecified atom stereocenters. The topological polar surface area (TPSA) is 80.3 Å². The van der Waals surface area contributed by atoms with E-state index in [4.69, 9.17) is 4.74 Å². The third-order valence-corrected chi connectivity index (χ3v) is 2.97. The number of hydrogen-bond donors (Lipinski definition) is 2. The lowest BCUT2D eigenvalue weighted by Crippen LogP contribution is -2.27. The van der Waals surface area contributed by atoms with Gasteiger partial charge in [-0.1, -0.05) is 6.92 Å². The van der Waals surface area contributed by atoms with Crippen molar-refractivity contribution >= 4 is 17.8 Å². The van der Waals surface area contributed by atoms with Crippen molar-refractivity contribution in [3.05, 3.63) is 22.9 Å². The van der Waals surface area contributed by atoms with Gasteiger partial charge >= 0.3 is 6.09 Å². The number of aromatic nitrogens is 1. The maximum atomic E-state index is 11.8. The second-order valence-corrected chi connectivity index (χ2v) is 6.15. The number of carbonyl (C=O) groups excluding carboxylic acids is 2. The first kappa shape index (κ1) is 17.9. The highest BCUT2D eigenvalue weighted by Gasteiger charge is 2.17. The molecule has 0 saturated carbocycles. The van der Waals surface area contributed by atoms with Gasteiger partial charge in [0.2, 0.25) is 5.91 Å². The largest absolute Gasteiger partial charge is 0.444 e. The number of amides is 2. The summed E-state index contributed by atoms with van der Waals surface area (Å²) in [5.74, 6) is 0.435. The van der Waals surface area contributed by atoms with Gasteiger partial charge in [0.05, 0.1) is 0 Å². The maximum absolute atomic E-state index is 11.8. The van der Waals surface area contributed by atoms with E-state index in [9.17, 15) is 9.59 Å². The van der Waals surface area contributed by atoms with Gasteiger partial charge in [0.1, 0.15) is 11.4 Å². The Kier molecular flexibility index (Phi) is 5.91. The molecule has 0 saturated heterocycles. The number of ether oxygens (including phenoxy) is 1. The average molecular weight is 307 g/mol. The summed E-state index contributed by atoms with van der Waals surface area (Å²) < 4.78 is 5.20. The zero-order valence-electron chi connectivity index (χ0n) is 14.2. The van der Waals surface area contributed by atoms with Crippen molar-refractivity contribution in [2.45, 2.75) is 60.1 Å². The lowest BCUT2D eigenvalue weighted by Gasteiger charge is -2.20. The Morgan fingerprint density at radius 1 is 1.27 bits per heavy atom. The Morgan fingerprint density at radius 3 is 2.41 bits per heavy atom. The molecule has 6 nitrogen and oxygen atoms in total. The van der Waals surface area contributed by atoms with Crippen molar-refractivity contribution in [3.8, 4) is 0 Å². The minimum Gasteiger partial charge on any atom is -0.444 e. The SMILES string of the molecule is CCC(=O)NCc1c(C)cc(NC(=O)OC(C)(C)C)nc1C. The predicted molar refractivity (Wildman–Crippen MR) is 85.7 cm³/mol. The van der Waals surface area contributed by atoms with E-state index >= 15 is 0 Å². The van der Waals surface area contributed by atoms with Crippen LogP contribution < -0.4 is 10.6 Å². The van der Waals surface area contributed by atoms with Gasteiger partial charge in [-0.2, -0.15) is 0 Å². The Bertz CT molecular complexity index is 539. The molecular weight excluding hydrogens is 282 g/mol. The molecule has 0 spiro atoms. The second kappa shape index (κ2) is 7.24. The lowest BCUT2D eigenvalue weighted by molar-refractivity contribution is -0.120. The summed E-state index contributed by atoms with van der Waals surface area (Å²) in [4.78, 5) is 27.5. The van der Waals surface area contributed by atoms with E-state index in [-0.39, 0.29) is 5.91 Å². The molecule has 0 aliphatic heterocycles. The zero-order chi connectivity index (χ0) is 16.9. The van der Waals surface area contributed by atoms with E-state index in [0.29, 0.717) is 18.8 Å². The first-order valence-corrected chi connectivity index (χ1v) is 7.36. The number of hydrogen-bond acceptors (Lipinski definition) is 4. The molecule has 1 aromatic rings. The lowest BCUT2D eigenvalue weighted by atomic mass is 10.1. The van der Waals surface area contributed by atoms with E-state index in [2.05, 4.69) is 15.6 Å². The monoisotopic (exact) mass is 307 g/mol. The standard InChI is InChI=1S/C16H25N3O3/c1-7-14(20)17-9-12-10(2)8-13(18-11(12)3)19-15(21)22-16(4,5)6/h8H,7,9H2,1-6H3,(H,17,20)(H,18,19,21). The number of nitrogens with one attached hydrogen (secondary N) is 2. The first-order chi connectivity index (χ1) is 10.1. The molecule has 0 radical (unpaired) electrons. The van der Waals surface area contributed by atoms with E-state index in [0.717, 1.165) is 16.8 Å². The minimum atomic E-state index is -0.557. The number of carbonyl (C=O) groups is 2. The fraction of sp³-hybridized carbons (Fsp3) is 0.562. The molecule has 1 rings (SSSR count). The Morgan fingerprint density at radius 2 is 1.91 bits per heavy atom. The van der Waals surface area contributed by atoms with Gasteiger partial charge in [-0.05, 0) is 51.8 Å². The Hall–Kier alpha value is -2.11. The van der Waals surface area contributed by atoms with Gasteiger partial charge in [-0.25, -0.2) is 9.78 Å². The van der Waals surface area contributed by atoms with Gasteiger partial charge in [0.25, 0.3) is 0 Å².